The summed E-state index contributed by atoms with van der Waals surface area (Å²) in [6.45, 7) is 0. The zero-order valence-corrected chi connectivity index (χ0v) is 8.51. The molecule has 0 bridgehead atoms. The first-order valence-corrected chi connectivity index (χ1v) is 4.82. The number of aromatic nitrogens is 1. The van der Waals surface area contributed by atoms with Gasteiger partial charge in [0, 0.05) is 5.33 Å². The molecule has 0 aromatic carbocycles. The Morgan fingerprint density at radius 3 is 2.92 bits per heavy atom. The Hall–Kier alpha value is -0.540. The minimum absolute atomic E-state index is 0.00709. The van der Waals surface area contributed by atoms with Gasteiger partial charge in [-0.05, 0) is 18.2 Å². The van der Waals surface area contributed by atoms with Gasteiger partial charge in [0.2, 0.25) is 0 Å². The molecular formula is C8H7BrClNO. The second kappa shape index (κ2) is 4.48. The molecule has 64 valence electrons. The molecule has 1 aromatic heterocycles. The van der Waals surface area contributed by atoms with Crippen LogP contribution in [0.25, 0.3) is 6.08 Å². The van der Waals surface area contributed by atoms with Crippen molar-refractivity contribution in [3.8, 4) is 5.75 Å². The fraction of sp³-hybridized carbons (Fsp3) is 0.125. The van der Waals surface area contributed by atoms with E-state index in [1.54, 1.807) is 6.07 Å². The van der Waals surface area contributed by atoms with Crippen LogP contribution in [0.15, 0.2) is 18.2 Å². The minimum atomic E-state index is 0.00709. The average Bonchev–Trinajstić information content (AvgIpc) is 2.07. The van der Waals surface area contributed by atoms with E-state index in [4.69, 9.17) is 16.7 Å². The second-order valence-electron chi connectivity index (χ2n) is 2.10. The van der Waals surface area contributed by atoms with E-state index in [1.165, 1.54) is 6.07 Å². The molecule has 0 aliphatic heterocycles. The zero-order valence-electron chi connectivity index (χ0n) is 6.17. The lowest BCUT2D eigenvalue weighted by Crippen LogP contribution is -1.81. The van der Waals surface area contributed by atoms with E-state index in [0.29, 0.717) is 0 Å². The van der Waals surface area contributed by atoms with Gasteiger partial charge in [0.15, 0.2) is 10.9 Å². The van der Waals surface area contributed by atoms with E-state index in [2.05, 4.69) is 20.9 Å². The smallest absolute Gasteiger partial charge is 0.171 e. The first kappa shape index (κ1) is 9.55. The van der Waals surface area contributed by atoms with Crippen molar-refractivity contribution in [2.45, 2.75) is 0 Å². The molecule has 0 amide bonds. The number of hydrogen-bond acceptors (Lipinski definition) is 2. The van der Waals surface area contributed by atoms with Crippen molar-refractivity contribution in [2.24, 2.45) is 0 Å². The van der Waals surface area contributed by atoms with Gasteiger partial charge in [0.1, 0.15) is 0 Å². The number of rotatable bonds is 2. The SMILES string of the molecule is Oc1ccc(C=CCBr)nc1Cl. The number of hydrogen-bond donors (Lipinski definition) is 1. The molecule has 1 N–H and O–H groups in total. The highest BCUT2D eigenvalue weighted by Crippen LogP contribution is 2.20. The van der Waals surface area contributed by atoms with E-state index in [0.717, 1.165) is 11.0 Å². The van der Waals surface area contributed by atoms with Crippen molar-refractivity contribution < 1.29 is 5.11 Å². The molecule has 2 nitrogen and oxygen atoms in total. The largest absolute Gasteiger partial charge is 0.505 e. The van der Waals surface area contributed by atoms with Crippen molar-refractivity contribution in [3.63, 3.8) is 0 Å². The molecule has 0 unspecified atom stereocenters. The van der Waals surface area contributed by atoms with Gasteiger partial charge in [0.25, 0.3) is 0 Å². The van der Waals surface area contributed by atoms with E-state index in [-0.39, 0.29) is 10.9 Å². The third-order valence-corrected chi connectivity index (χ3v) is 1.88. The van der Waals surface area contributed by atoms with Crippen LogP contribution < -0.4 is 0 Å². The van der Waals surface area contributed by atoms with Crippen LogP contribution in [0, 0.1) is 0 Å². The molecular weight excluding hydrogens is 241 g/mol. The average molecular weight is 249 g/mol. The molecule has 1 heterocycles. The summed E-state index contributed by atoms with van der Waals surface area (Å²) >= 11 is 8.83. The summed E-state index contributed by atoms with van der Waals surface area (Å²) in [5.41, 5.74) is 0.734. The van der Waals surface area contributed by atoms with Gasteiger partial charge in [-0.3, -0.25) is 0 Å². The minimum Gasteiger partial charge on any atom is -0.505 e. The Labute approximate surface area is 84.0 Å². The van der Waals surface area contributed by atoms with Gasteiger partial charge in [-0.25, -0.2) is 4.98 Å². The molecule has 0 aliphatic carbocycles. The first-order valence-electron chi connectivity index (χ1n) is 3.32. The van der Waals surface area contributed by atoms with E-state index < -0.39 is 0 Å². The van der Waals surface area contributed by atoms with Crippen LogP contribution in [0.2, 0.25) is 5.15 Å². The lowest BCUT2D eigenvalue weighted by Gasteiger charge is -1.96. The van der Waals surface area contributed by atoms with Crippen molar-refractivity contribution in [2.75, 3.05) is 5.33 Å². The number of nitrogens with zero attached hydrogens (tertiary/aromatic N) is 1. The zero-order chi connectivity index (χ0) is 8.97. The Morgan fingerprint density at radius 2 is 2.33 bits per heavy atom. The van der Waals surface area contributed by atoms with Crippen LogP contribution in [0.4, 0.5) is 0 Å². The second-order valence-corrected chi connectivity index (χ2v) is 3.11. The lowest BCUT2D eigenvalue weighted by atomic mass is 10.3. The topological polar surface area (TPSA) is 33.1 Å². The summed E-state index contributed by atoms with van der Waals surface area (Å²) in [5.74, 6) is 0.00709. The Kier molecular flexibility index (Phi) is 3.56. The maximum Gasteiger partial charge on any atom is 0.171 e. The summed E-state index contributed by atoms with van der Waals surface area (Å²) in [4.78, 5) is 3.92. The summed E-state index contributed by atoms with van der Waals surface area (Å²) in [7, 11) is 0. The first-order chi connectivity index (χ1) is 5.74. The third kappa shape index (κ3) is 2.50. The fourth-order valence-electron chi connectivity index (χ4n) is 0.699. The molecule has 0 saturated heterocycles. The van der Waals surface area contributed by atoms with Crippen LogP contribution in [-0.4, -0.2) is 15.4 Å². The normalized spacial score (nSPS) is 10.8. The number of alkyl halides is 1. The molecule has 0 aliphatic rings. The molecule has 12 heavy (non-hydrogen) atoms. The molecule has 0 spiro atoms. The monoisotopic (exact) mass is 247 g/mol. The number of pyridine rings is 1. The molecule has 4 heteroatoms. The van der Waals surface area contributed by atoms with Crippen molar-refractivity contribution in [3.05, 3.63) is 29.1 Å². The van der Waals surface area contributed by atoms with Crippen LogP contribution in [-0.2, 0) is 0 Å². The Morgan fingerprint density at radius 1 is 1.58 bits per heavy atom. The third-order valence-electron chi connectivity index (χ3n) is 1.23. The van der Waals surface area contributed by atoms with Gasteiger partial charge in [-0.2, -0.15) is 0 Å². The predicted molar refractivity (Wildman–Crippen MR) is 53.7 cm³/mol. The highest BCUT2D eigenvalue weighted by atomic mass is 79.9. The van der Waals surface area contributed by atoms with Crippen LogP contribution in [0.5, 0.6) is 5.75 Å². The fourth-order valence-corrected chi connectivity index (χ4v) is 1.05. The van der Waals surface area contributed by atoms with Crippen LogP contribution >= 0.6 is 27.5 Å². The molecule has 0 saturated carbocycles. The van der Waals surface area contributed by atoms with Crippen molar-refractivity contribution in [1.82, 2.24) is 4.98 Å². The Balaban J connectivity index is 2.89. The number of halogens is 2. The molecule has 0 fully saturated rings. The van der Waals surface area contributed by atoms with Gasteiger partial charge in [0.05, 0.1) is 5.69 Å². The molecule has 0 radical (unpaired) electrons. The van der Waals surface area contributed by atoms with Gasteiger partial charge >= 0.3 is 0 Å². The van der Waals surface area contributed by atoms with Crippen molar-refractivity contribution in [1.29, 1.82) is 0 Å². The molecule has 1 rings (SSSR count). The highest BCUT2D eigenvalue weighted by Gasteiger charge is 1.97. The summed E-state index contributed by atoms with van der Waals surface area (Å²) in [6, 6.07) is 3.21. The quantitative estimate of drug-likeness (QED) is 0.645. The molecule has 0 atom stereocenters. The van der Waals surface area contributed by atoms with Gasteiger partial charge < -0.3 is 5.11 Å². The maximum atomic E-state index is 9.04. The summed E-state index contributed by atoms with van der Waals surface area (Å²) in [6.07, 6.45) is 3.72. The Bertz CT molecular complexity index is 301. The predicted octanol–water partition coefficient (Wildman–Crippen LogP) is 2.85. The van der Waals surface area contributed by atoms with Crippen molar-refractivity contribution >= 4 is 33.6 Å². The van der Waals surface area contributed by atoms with Crippen LogP contribution in [0.1, 0.15) is 5.69 Å². The highest BCUT2D eigenvalue weighted by molar-refractivity contribution is 9.09. The van der Waals surface area contributed by atoms with E-state index in [1.807, 2.05) is 12.2 Å². The number of allylic oxidation sites excluding steroid dienone is 1. The lowest BCUT2D eigenvalue weighted by molar-refractivity contribution is 0.473. The maximum absolute atomic E-state index is 9.04. The summed E-state index contributed by atoms with van der Waals surface area (Å²) < 4.78 is 0. The van der Waals surface area contributed by atoms with E-state index >= 15 is 0 Å². The van der Waals surface area contributed by atoms with E-state index in [9.17, 15) is 0 Å². The summed E-state index contributed by atoms with van der Waals surface area (Å²) in [5, 5.41) is 9.94. The van der Waals surface area contributed by atoms with Crippen LogP contribution in [0.3, 0.4) is 0 Å². The standard InChI is InChI=1S/C8H7BrClNO/c9-5-1-2-6-3-4-7(12)8(10)11-6/h1-4,12H,5H2. The number of aromatic hydroxyl groups is 1. The molecule has 1 aromatic rings. The van der Waals surface area contributed by atoms with Gasteiger partial charge in [-0.1, -0.05) is 33.6 Å². The van der Waals surface area contributed by atoms with Gasteiger partial charge in [-0.15, -0.1) is 0 Å².